The molecule has 0 aliphatic heterocycles. The van der Waals surface area contributed by atoms with Crippen LogP contribution in [0.3, 0.4) is 0 Å². The SMILES string of the molecule is CCCNC(C1=CCCCC1)C1(N(C)C)CCCCC1. The fourth-order valence-corrected chi connectivity index (χ4v) is 4.24. The number of nitrogens with zero attached hydrogens (tertiary/aromatic N) is 1. The van der Waals surface area contributed by atoms with Gasteiger partial charge in [0, 0.05) is 11.6 Å². The van der Waals surface area contributed by atoms with Gasteiger partial charge < -0.3 is 10.2 Å². The largest absolute Gasteiger partial charge is 0.309 e. The van der Waals surface area contributed by atoms with Crippen LogP contribution in [0.1, 0.15) is 71.1 Å². The molecule has 0 aromatic heterocycles. The third-order valence-corrected chi connectivity index (χ3v) is 5.44. The lowest BCUT2D eigenvalue weighted by Crippen LogP contribution is -2.61. The molecule has 2 heteroatoms. The topological polar surface area (TPSA) is 15.3 Å². The summed E-state index contributed by atoms with van der Waals surface area (Å²) < 4.78 is 0. The zero-order valence-corrected chi connectivity index (χ0v) is 13.9. The first-order chi connectivity index (χ1) is 9.70. The molecule has 116 valence electrons. The molecule has 0 heterocycles. The van der Waals surface area contributed by atoms with Crippen LogP contribution in [-0.2, 0) is 0 Å². The molecule has 1 unspecified atom stereocenters. The van der Waals surface area contributed by atoms with Crippen molar-refractivity contribution in [2.75, 3.05) is 20.6 Å². The third kappa shape index (κ3) is 3.46. The number of hydrogen-bond donors (Lipinski definition) is 1. The van der Waals surface area contributed by atoms with Crippen molar-refractivity contribution in [3.05, 3.63) is 11.6 Å². The Morgan fingerprint density at radius 2 is 1.90 bits per heavy atom. The monoisotopic (exact) mass is 278 g/mol. The predicted octanol–water partition coefficient (Wildman–Crippen LogP) is 4.12. The van der Waals surface area contributed by atoms with Crippen LogP contribution in [0.2, 0.25) is 0 Å². The molecule has 0 amide bonds. The summed E-state index contributed by atoms with van der Waals surface area (Å²) in [4.78, 5) is 2.54. The first kappa shape index (κ1) is 16.0. The summed E-state index contributed by atoms with van der Waals surface area (Å²) in [6, 6.07) is 0.582. The molecule has 0 spiro atoms. The minimum absolute atomic E-state index is 0.358. The second-order valence-corrected chi connectivity index (χ2v) is 6.97. The van der Waals surface area contributed by atoms with Crippen LogP contribution < -0.4 is 5.32 Å². The maximum Gasteiger partial charge on any atom is 0.0466 e. The van der Waals surface area contributed by atoms with Gasteiger partial charge >= 0.3 is 0 Å². The highest BCUT2D eigenvalue weighted by atomic mass is 15.2. The first-order valence-corrected chi connectivity index (χ1v) is 8.80. The summed E-state index contributed by atoms with van der Waals surface area (Å²) >= 11 is 0. The third-order valence-electron chi connectivity index (χ3n) is 5.44. The van der Waals surface area contributed by atoms with Crippen LogP contribution >= 0.6 is 0 Å². The Kier molecular flexibility index (Phi) is 6.10. The Hall–Kier alpha value is -0.340. The standard InChI is InChI=1S/C18H34N2/c1-4-15-19-17(16-11-7-5-8-12-16)18(20(2)3)13-9-6-10-14-18/h11,17,19H,4-10,12-15H2,1-3H3. The average molecular weight is 278 g/mol. The molecule has 2 rings (SSSR count). The van der Waals surface area contributed by atoms with Crippen molar-refractivity contribution in [3.63, 3.8) is 0 Å². The van der Waals surface area contributed by atoms with E-state index in [4.69, 9.17) is 0 Å². The molecule has 1 fully saturated rings. The Labute approximate surface area is 126 Å². The van der Waals surface area contributed by atoms with E-state index in [0.29, 0.717) is 11.6 Å². The van der Waals surface area contributed by atoms with E-state index in [-0.39, 0.29) is 0 Å². The number of allylic oxidation sites excluding steroid dienone is 1. The van der Waals surface area contributed by atoms with Crippen LogP contribution in [-0.4, -0.2) is 37.1 Å². The van der Waals surface area contributed by atoms with Crippen LogP contribution in [0, 0.1) is 0 Å². The van der Waals surface area contributed by atoms with Crippen LogP contribution in [0.25, 0.3) is 0 Å². The van der Waals surface area contributed by atoms with E-state index >= 15 is 0 Å². The summed E-state index contributed by atoms with van der Waals surface area (Å²) in [6.07, 6.45) is 16.1. The Bertz CT molecular complexity index is 313. The van der Waals surface area contributed by atoms with Crippen molar-refractivity contribution in [2.24, 2.45) is 0 Å². The van der Waals surface area contributed by atoms with Gasteiger partial charge in [-0.25, -0.2) is 0 Å². The molecule has 0 aromatic rings. The minimum atomic E-state index is 0.358. The van der Waals surface area contributed by atoms with E-state index in [1.54, 1.807) is 5.57 Å². The Balaban J connectivity index is 2.23. The molecular weight excluding hydrogens is 244 g/mol. The van der Waals surface area contributed by atoms with E-state index in [2.05, 4.69) is 37.3 Å². The van der Waals surface area contributed by atoms with E-state index in [0.717, 1.165) is 6.54 Å². The zero-order chi connectivity index (χ0) is 14.4. The highest BCUT2D eigenvalue weighted by molar-refractivity contribution is 5.21. The number of rotatable bonds is 6. The second kappa shape index (κ2) is 7.61. The van der Waals surface area contributed by atoms with Crippen molar-refractivity contribution < 1.29 is 0 Å². The molecule has 1 saturated carbocycles. The van der Waals surface area contributed by atoms with E-state index < -0.39 is 0 Å². The van der Waals surface area contributed by atoms with Crippen LogP contribution in [0.15, 0.2) is 11.6 Å². The minimum Gasteiger partial charge on any atom is -0.309 e. The summed E-state index contributed by atoms with van der Waals surface area (Å²) in [5.41, 5.74) is 2.07. The molecular formula is C18H34N2. The van der Waals surface area contributed by atoms with Crippen molar-refractivity contribution in [2.45, 2.75) is 82.7 Å². The van der Waals surface area contributed by atoms with Crippen molar-refractivity contribution in [1.82, 2.24) is 10.2 Å². The number of hydrogen-bond acceptors (Lipinski definition) is 2. The Morgan fingerprint density at radius 3 is 2.45 bits per heavy atom. The van der Waals surface area contributed by atoms with Crippen LogP contribution in [0.5, 0.6) is 0 Å². The van der Waals surface area contributed by atoms with Gasteiger partial charge in [0.1, 0.15) is 0 Å². The molecule has 1 atom stereocenters. The number of nitrogens with one attached hydrogen (secondary N) is 1. The predicted molar refractivity (Wildman–Crippen MR) is 88.1 cm³/mol. The van der Waals surface area contributed by atoms with Gasteiger partial charge in [-0.05, 0) is 65.6 Å². The van der Waals surface area contributed by atoms with Gasteiger partial charge in [0.05, 0.1) is 0 Å². The normalized spacial score (nSPS) is 24.5. The van der Waals surface area contributed by atoms with Crippen molar-refractivity contribution in [1.29, 1.82) is 0 Å². The van der Waals surface area contributed by atoms with Crippen molar-refractivity contribution in [3.8, 4) is 0 Å². The molecule has 0 radical (unpaired) electrons. The summed E-state index contributed by atoms with van der Waals surface area (Å²) in [5.74, 6) is 0. The molecule has 0 saturated heterocycles. The molecule has 2 aliphatic rings. The molecule has 1 N–H and O–H groups in total. The maximum absolute atomic E-state index is 3.92. The van der Waals surface area contributed by atoms with Gasteiger partial charge in [0.2, 0.25) is 0 Å². The van der Waals surface area contributed by atoms with Gasteiger partial charge in [0.25, 0.3) is 0 Å². The van der Waals surface area contributed by atoms with Crippen LogP contribution in [0.4, 0.5) is 0 Å². The lowest BCUT2D eigenvalue weighted by atomic mass is 9.71. The van der Waals surface area contributed by atoms with Gasteiger partial charge in [0.15, 0.2) is 0 Å². The highest BCUT2D eigenvalue weighted by Crippen LogP contribution is 2.39. The fourth-order valence-electron chi connectivity index (χ4n) is 4.24. The zero-order valence-electron chi connectivity index (χ0n) is 13.9. The molecule has 0 bridgehead atoms. The average Bonchev–Trinajstić information content (AvgIpc) is 2.49. The lowest BCUT2D eigenvalue weighted by molar-refractivity contribution is 0.0680. The van der Waals surface area contributed by atoms with E-state index in [1.807, 2.05) is 0 Å². The molecule has 2 nitrogen and oxygen atoms in total. The smallest absolute Gasteiger partial charge is 0.0466 e. The highest BCUT2D eigenvalue weighted by Gasteiger charge is 2.42. The van der Waals surface area contributed by atoms with Gasteiger partial charge in [-0.2, -0.15) is 0 Å². The van der Waals surface area contributed by atoms with Gasteiger partial charge in [-0.3, -0.25) is 0 Å². The summed E-state index contributed by atoms with van der Waals surface area (Å²) in [6.45, 7) is 3.43. The Morgan fingerprint density at radius 1 is 1.15 bits per heavy atom. The molecule has 0 aromatic carbocycles. The summed E-state index contributed by atoms with van der Waals surface area (Å²) in [7, 11) is 4.60. The van der Waals surface area contributed by atoms with E-state index in [9.17, 15) is 0 Å². The van der Waals surface area contributed by atoms with Crippen molar-refractivity contribution >= 4 is 0 Å². The first-order valence-electron chi connectivity index (χ1n) is 8.80. The lowest BCUT2D eigenvalue weighted by Gasteiger charge is -2.50. The molecule has 2 aliphatic carbocycles. The quantitative estimate of drug-likeness (QED) is 0.735. The van der Waals surface area contributed by atoms with E-state index in [1.165, 1.54) is 64.2 Å². The van der Waals surface area contributed by atoms with Gasteiger partial charge in [-0.15, -0.1) is 0 Å². The maximum atomic E-state index is 3.92. The number of likely N-dealkylation sites (N-methyl/N-ethyl adjacent to an activating group) is 1. The van der Waals surface area contributed by atoms with Gasteiger partial charge in [-0.1, -0.05) is 37.8 Å². The molecule has 20 heavy (non-hydrogen) atoms. The fraction of sp³-hybridized carbons (Fsp3) is 0.889. The second-order valence-electron chi connectivity index (χ2n) is 6.97. The summed E-state index contributed by atoms with van der Waals surface area (Å²) in [5, 5.41) is 3.92.